The largest absolute Gasteiger partial charge is 0.385 e. The summed E-state index contributed by atoms with van der Waals surface area (Å²) in [5.74, 6) is 0.565. The van der Waals surface area contributed by atoms with Crippen LogP contribution in [0.2, 0.25) is 0 Å². The summed E-state index contributed by atoms with van der Waals surface area (Å²) in [7, 11) is 0. The van der Waals surface area contributed by atoms with Crippen LogP contribution < -0.4 is 15.9 Å². The van der Waals surface area contributed by atoms with E-state index >= 15 is 0 Å². The molecule has 0 unspecified atom stereocenters. The molecule has 1 aliphatic rings. The second-order valence-electron chi connectivity index (χ2n) is 5.00. The van der Waals surface area contributed by atoms with Crippen LogP contribution in [0.15, 0.2) is 17.1 Å². The summed E-state index contributed by atoms with van der Waals surface area (Å²) in [5, 5.41) is 6.04. The van der Waals surface area contributed by atoms with Gasteiger partial charge in [-0.25, -0.2) is 0 Å². The first-order valence-electron chi connectivity index (χ1n) is 7.56. The Bertz CT molecular complexity index is 527. The Kier molecular flexibility index (Phi) is 6.07. The predicted octanol–water partition coefficient (Wildman–Crippen LogP) is 3.15. The van der Waals surface area contributed by atoms with Gasteiger partial charge in [0.05, 0.1) is 5.36 Å². The van der Waals surface area contributed by atoms with Crippen molar-refractivity contribution in [3.05, 3.63) is 28.3 Å². The second-order valence-corrected chi connectivity index (χ2v) is 5.00. The topological polar surface area (TPSA) is 24.4 Å². The molecule has 0 aromatic heterocycles. The molecule has 19 heavy (non-hydrogen) atoms. The van der Waals surface area contributed by atoms with Gasteiger partial charge in [-0.1, -0.05) is 39.3 Å². The normalized spacial score (nSPS) is 14.3. The number of fused-ring (bicyclic) bond motifs is 1. The highest BCUT2D eigenvalue weighted by molar-refractivity contribution is 5.57. The number of rotatable bonds is 3. The fourth-order valence-corrected chi connectivity index (χ4v) is 2.33. The second kappa shape index (κ2) is 7.32. The molecule has 0 saturated carbocycles. The van der Waals surface area contributed by atoms with Gasteiger partial charge in [0.25, 0.3) is 0 Å². The SMILES string of the molecule is CC.CCNc1ccc2c(/c1=C(/C)C(C)C)=NCC2. The smallest absolute Gasteiger partial charge is 0.0699 e. The van der Waals surface area contributed by atoms with E-state index < -0.39 is 0 Å². The molecule has 0 spiro atoms. The van der Waals surface area contributed by atoms with Crippen LogP contribution in [-0.4, -0.2) is 13.1 Å². The molecule has 0 bridgehead atoms. The summed E-state index contributed by atoms with van der Waals surface area (Å²) in [6.07, 6.45) is 1.10. The van der Waals surface area contributed by atoms with Crippen molar-refractivity contribution in [1.29, 1.82) is 0 Å². The molecule has 0 aliphatic carbocycles. The van der Waals surface area contributed by atoms with Gasteiger partial charge in [0.1, 0.15) is 0 Å². The van der Waals surface area contributed by atoms with Crippen molar-refractivity contribution in [2.45, 2.75) is 48.0 Å². The number of nitrogens with zero attached hydrogens (tertiary/aromatic N) is 1. The van der Waals surface area contributed by atoms with Gasteiger partial charge in [0.2, 0.25) is 0 Å². The van der Waals surface area contributed by atoms with Crippen LogP contribution in [-0.2, 0) is 6.42 Å². The molecule has 2 rings (SSSR count). The van der Waals surface area contributed by atoms with Gasteiger partial charge in [0.15, 0.2) is 0 Å². The fourth-order valence-electron chi connectivity index (χ4n) is 2.33. The number of benzene rings is 1. The van der Waals surface area contributed by atoms with E-state index in [1.54, 1.807) is 0 Å². The van der Waals surface area contributed by atoms with Crippen molar-refractivity contribution in [1.82, 2.24) is 0 Å². The van der Waals surface area contributed by atoms with Gasteiger partial charge in [-0.15, -0.1) is 0 Å². The van der Waals surface area contributed by atoms with Crippen LogP contribution in [0.4, 0.5) is 5.69 Å². The molecule has 1 aliphatic heterocycles. The lowest BCUT2D eigenvalue weighted by Gasteiger charge is -2.11. The molecule has 0 saturated heterocycles. The first-order valence-corrected chi connectivity index (χ1v) is 7.56. The Labute approximate surface area is 117 Å². The third-order valence-electron chi connectivity index (χ3n) is 3.54. The molecule has 106 valence electrons. The highest BCUT2D eigenvalue weighted by atomic mass is 14.9. The van der Waals surface area contributed by atoms with Crippen LogP contribution in [0.3, 0.4) is 0 Å². The molecule has 2 nitrogen and oxygen atoms in total. The summed E-state index contributed by atoms with van der Waals surface area (Å²) >= 11 is 0. The Hall–Kier alpha value is -1.31. The highest BCUT2D eigenvalue weighted by Gasteiger charge is 2.11. The van der Waals surface area contributed by atoms with Gasteiger partial charge < -0.3 is 5.32 Å². The Balaban J connectivity index is 0.000000861. The molecule has 0 atom stereocenters. The van der Waals surface area contributed by atoms with Crippen molar-refractivity contribution in [3.8, 4) is 0 Å². The lowest BCUT2D eigenvalue weighted by atomic mass is 9.99. The summed E-state index contributed by atoms with van der Waals surface area (Å²) in [6.45, 7) is 14.8. The van der Waals surface area contributed by atoms with Crippen molar-refractivity contribution in [2.24, 2.45) is 10.9 Å². The average molecular weight is 260 g/mol. The average Bonchev–Trinajstić information content (AvgIpc) is 2.88. The van der Waals surface area contributed by atoms with Gasteiger partial charge in [0, 0.05) is 24.0 Å². The minimum absolute atomic E-state index is 0.565. The monoisotopic (exact) mass is 260 g/mol. The third-order valence-corrected chi connectivity index (χ3v) is 3.54. The number of hydrogen-bond donors (Lipinski definition) is 1. The highest BCUT2D eigenvalue weighted by Crippen LogP contribution is 2.11. The van der Waals surface area contributed by atoms with Crippen molar-refractivity contribution in [2.75, 3.05) is 18.4 Å². The van der Waals surface area contributed by atoms with Gasteiger partial charge in [-0.05, 0) is 37.8 Å². The van der Waals surface area contributed by atoms with Crippen molar-refractivity contribution in [3.63, 3.8) is 0 Å². The van der Waals surface area contributed by atoms with Crippen LogP contribution in [0.5, 0.6) is 0 Å². The zero-order chi connectivity index (χ0) is 14.4. The molecule has 0 fully saturated rings. The molecule has 1 aromatic rings. The van der Waals surface area contributed by atoms with E-state index in [-0.39, 0.29) is 0 Å². The van der Waals surface area contributed by atoms with E-state index in [9.17, 15) is 0 Å². The molecule has 2 heteroatoms. The fraction of sp³-hybridized carbons (Fsp3) is 0.588. The van der Waals surface area contributed by atoms with Crippen LogP contribution in [0, 0.1) is 5.92 Å². The number of nitrogens with one attached hydrogen (secondary N) is 1. The van der Waals surface area contributed by atoms with Gasteiger partial charge >= 0.3 is 0 Å². The summed E-state index contributed by atoms with van der Waals surface area (Å²) in [4.78, 5) is 4.68. The van der Waals surface area contributed by atoms with E-state index in [0.717, 1.165) is 19.5 Å². The van der Waals surface area contributed by atoms with Crippen LogP contribution in [0.25, 0.3) is 5.57 Å². The van der Waals surface area contributed by atoms with Crippen LogP contribution >= 0.6 is 0 Å². The molecule has 1 heterocycles. The Morgan fingerprint density at radius 2 is 2.00 bits per heavy atom. The zero-order valence-electron chi connectivity index (χ0n) is 13.3. The molecule has 0 amide bonds. The molecule has 0 radical (unpaired) electrons. The van der Waals surface area contributed by atoms with Crippen molar-refractivity contribution < 1.29 is 0 Å². The Morgan fingerprint density at radius 3 is 2.58 bits per heavy atom. The van der Waals surface area contributed by atoms with E-state index in [4.69, 9.17) is 0 Å². The van der Waals surface area contributed by atoms with Gasteiger partial charge in [-0.3, -0.25) is 4.99 Å². The lowest BCUT2D eigenvalue weighted by Crippen LogP contribution is -2.32. The van der Waals surface area contributed by atoms with E-state index in [1.807, 2.05) is 13.8 Å². The maximum absolute atomic E-state index is 4.68. The minimum atomic E-state index is 0.565. The maximum atomic E-state index is 4.68. The van der Waals surface area contributed by atoms with Crippen LogP contribution in [0.1, 0.15) is 47.1 Å². The summed E-state index contributed by atoms with van der Waals surface area (Å²) < 4.78 is 0. The van der Waals surface area contributed by atoms with Crippen molar-refractivity contribution >= 4 is 11.3 Å². The van der Waals surface area contributed by atoms with E-state index in [0.29, 0.717) is 5.92 Å². The third kappa shape index (κ3) is 3.37. The zero-order valence-corrected chi connectivity index (χ0v) is 13.3. The quantitative estimate of drug-likeness (QED) is 0.887. The summed E-state index contributed by atoms with van der Waals surface area (Å²) in [5.41, 5.74) is 4.08. The first kappa shape index (κ1) is 15.7. The lowest BCUT2D eigenvalue weighted by molar-refractivity contribution is 0.839. The van der Waals surface area contributed by atoms with E-state index in [2.05, 4.69) is 50.1 Å². The molecular weight excluding hydrogens is 232 g/mol. The molecular formula is C17H28N2. The number of hydrogen-bond acceptors (Lipinski definition) is 2. The first-order chi connectivity index (χ1) is 9.15. The summed E-state index contributed by atoms with van der Waals surface area (Å²) in [6, 6.07) is 4.44. The maximum Gasteiger partial charge on any atom is 0.0699 e. The Morgan fingerprint density at radius 1 is 1.32 bits per heavy atom. The van der Waals surface area contributed by atoms with E-state index in [1.165, 1.54) is 27.4 Å². The predicted molar refractivity (Wildman–Crippen MR) is 85.2 cm³/mol. The molecule has 1 N–H and O–H groups in total. The van der Waals surface area contributed by atoms with Gasteiger partial charge in [-0.2, -0.15) is 0 Å². The standard InChI is InChI=1S/C15H22N2.C2H6/c1-5-16-13-7-6-12-8-9-17-15(12)14(13)11(4)10(2)3;1-2/h6-7,10,16H,5,8-9H2,1-4H3;1-2H3/b14-11-;. The number of anilines is 1. The minimum Gasteiger partial charge on any atom is -0.385 e. The molecule has 1 aromatic carbocycles.